The molecule has 0 spiro atoms. The maximum absolute atomic E-state index is 13.1. The summed E-state index contributed by atoms with van der Waals surface area (Å²) in [5.41, 5.74) is -0.822. The Morgan fingerprint density at radius 3 is 2.37 bits per heavy atom. The average molecular weight is 465 g/mol. The number of sulfonamides is 1. The zero-order valence-corrected chi connectivity index (χ0v) is 18.0. The van der Waals surface area contributed by atoms with Gasteiger partial charge in [-0.1, -0.05) is 29.8 Å². The number of ether oxygens (including phenoxy) is 1. The van der Waals surface area contributed by atoms with Crippen LogP contribution in [-0.4, -0.2) is 46.2 Å². The lowest BCUT2D eigenvalue weighted by Gasteiger charge is -2.26. The van der Waals surface area contributed by atoms with Gasteiger partial charge in [0.05, 0.1) is 29.6 Å². The van der Waals surface area contributed by atoms with Crippen molar-refractivity contribution in [1.82, 2.24) is 4.90 Å². The fraction of sp³-hybridized carbons (Fsp3) is 0.316. The van der Waals surface area contributed by atoms with Crippen LogP contribution in [0.4, 0.5) is 18.9 Å². The molecule has 0 atom stereocenters. The van der Waals surface area contributed by atoms with Gasteiger partial charge in [-0.2, -0.15) is 13.2 Å². The number of hydrogen-bond donors (Lipinski definition) is 0. The second-order valence-electron chi connectivity index (χ2n) is 6.50. The van der Waals surface area contributed by atoms with Gasteiger partial charge >= 0.3 is 6.18 Å². The van der Waals surface area contributed by atoms with Crippen molar-refractivity contribution in [2.75, 3.05) is 31.3 Å². The molecule has 0 aliphatic rings. The summed E-state index contributed by atoms with van der Waals surface area (Å²) in [7, 11) is -1.19. The number of para-hydroxylation sites is 1. The van der Waals surface area contributed by atoms with Crippen LogP contribution in [0.25, 0.3) is 0 Å². The highest BCUT2D eigenvalue weighted by Gasteiger charge is 2.33. The first kappa shape index (κ1) is 23.8. The summed E-state index contributed by atoms with van der Waals surface area (Å²) in [5, 5.41) is -0.228. The van der Waals surface area contributed by atoms with Crippen LogP contribution in [0.3, 0.4) is 0 Å². The maximum atomic E-state index is 13.1. The Morgan fingerprint density at radius 2 is 1.80 bits per heavy atom. The summed E-state index contributed by atoms with van der Waals surface area (Å²) in [6, 6.07) is 9.24. The molecule has 2 aromatic carbocycles. The highest BCUT2D eigenvalue weighted by atomic mass is 35.5. The lowest BCUT2D eigenvalue weighted by atomic mass is 10.2. The second-order valence-corrected chi connectivity index (χ2v) is 8.81. The predicted octanol–water partition coefficient (Wildman–Crippen LogP) is 3.79. The minimum atomic E-state index is -4.70. The SMILES string of the molecule is COc1ccccc1CN(C)C(=O)CN(c1cc(C(F)(F)F)ccc1Cl)S(C)(=O)=O. The van der Waals surface area contributed by atoms with Gasteiger partial charge in [-0.15, -0.1) is 0 Å². The second kappa shape index (κ2) is 9.13. The lowest BCUT2D eigenvalue weighted by Crippen LogP contribution is -2.41. The highest BCUT2D eigenvalue weighted by molar-refractivity contribution is 7.92. The Hall–Kier alpha value is -2.46. The number of halogens is 4. The number of rotatable bonds is 7. The van der Waals surface area contributed by atoms with E-state index in [-0.39, 0.29) is 11.6 Å². The molecule has 0 aliphatic heterocycles. The van der Waals surface area contributed by atoms with Crippen molar-refractivity contribution in [3.63, 3.8) is 0 Å². The number of nitrogens with zero attached hydrogens (tertiary/aromatic N) is 2. The molecule has 2 rings (SSSR count). The van der Waals surface area contributed by atoms with Gasteiger partial charge in [0.1, 0.15) is 12.3 Å². The number of hydrogen-bond acceptors (Lipinski definition) is 4. The number of carbonyl (C=O) groups is 1. The van der Waals surface area contributed by atoms with Crippen molar-refractivity contribution in [2.45, 2.75) is 12.7 Å². The lowest BCUT2D eigenvalue weighted by molar-refractivity contribution is -0.137. The van der Waals surface area contributed by atoms with Crippen LogP contribution in [0.5, 0.6) is 5.75 Å². The summed E-state index contributed by atoms with van der Waals surface area (Å²) < 4.78 is 69.5. The van der Waals surface area contributed by atoms with E-state index in [4.69, 9.17) is 16.3 Å². The van der Waals surface area contributed by atoms with Gasteiger partial charge in [0.25, 0.3) is 0 Å². The van der Waals surface area contributed by atoms with Crippen molar-refractivity contribution in [2.24, 2.45) is 0 Å². The van der Waals surface area contributed by atoms with Crippen molar-refractivity contribution in [3.8, 4) is 5.75 Å². The Morgan fingerprint density at radius 1 is 1.17 bits per heavy atom. The average Bonchev–Trinajstić information content (AvgIpc) is 2.65. The number of anilines is 1. The third-order valence-electron chi connectivity index (χ3n) is 4.25. The topological polar surface area (TPSA) is 66.9 Å². The molecule has 0 N–H and O–H groups in total. The molecule has 0 radical (unpaired) electrons. The Bertz CT molecular complexity index is 1030. The standard InChI is InChI=1S/C19H20ClF3N2O4S/c1-24(11-13-6-4-5-7-17(13)29-2)18(26)12-25(30(3,27)28)16-10-14(19(21,22)23)8-9-15(16)20/h4-10H,11-12H2,1-3H3. The summed E-state index contributed by atoms with van der Waals surface area (Å²) in [6.07, 6.45) is -3.91. The highest BCUT2D eigenvalue weighted by Crippen LogP contribution is 2.36. The van der Waals surface area contributed by atoms with Crippen LogP contribution in [-0.2, 0) is 27.5 Å². The van der Waals surface area contributed by atoms with Gasteiger partial charge in [-0.05, 0) is 24.3 Å². The number of likely N-dealkylation sites (N-methyl/N-ethyl adjacent to an activating group) is 1. The van der Waals surface area contributed by atoms with E-state index >= 15 is 0 Å². The first-order valence-corrected chi connectivity index (χ1v) is 10.8. The zero-order valence-electron chi connectivity index (χ0n) is 16.4. The van der Waals surface area contributed by atoms with Gasteiger partial charge in [0.2, 0.25) is 15.9 Å². The normalized spacial score (nSPS) is 11.8. The van der Waals surface area contributed by atoms with Crippen LogP contribution < -0.4 is 9.04 Å². The molecule has 0 fully saturated rings. The third-order valence-corrected chi connectivity index (χ3v) is 5.69. The minimum Gasteiger partial charge on any atom is -0.496 e. The first-order valence-electron chi connectivity index (χ1n) is 8.55. The molecular weight excluding hydrogens is 445 g/mol. The van der Waals surface area contributed by atoms with E-state index in [0.29, 0.717) is 21.7 Å². The van der Waals surface area contributed by atoms with Crippen molar-refractivity contribution >= 4 is 33.2 Å². The molecule has 1 amide bonds. The molecule has 164 valence electrons. The molecule has 0 heterocycles. The number of alkyl halides is 3. The maximum Gasteiger partial charge on any atom is 0.416 e. The van der Waals surface area contributed by atoms with Gasteiger partial charge in [-0.3, -0.25) is 9.10 Å². The van der Waals surface area contributed by atoms with Crippen molar-refractivity contribution < 1.29 is 31.1 Å². The van der Waals surface area contributed by atoms with Crippen LogP contribution in [0.2, 0.25) is 5.02 Å². The van der Waals surface area contributed by atoms with Crippen LogP contribution >= 0.6 is 11.6 Å². The van der Waals surface area contributed by atoms with E-state index in [2.05, 4.69) is 0 Å². The van der Waals surface area contributed by atoms with Gasteiger partial charge < -0.3 is 9.64 Å². The molecule has 2 aromatic rings. The first-order chi connectivity index (χ1) is 13.8. The molecule has 0 saturated carbocycles. The van der Waals surface area contributed by atoms with E-state index in [1.54, 1.807) is 24.3 Å². The number of amides is 1. The van der Waals surface area contributed by atoms with Crippen molar-refractivity contribution in [3.05, 3.63) is 58.6 Å². The summed E-state index contributed by atoms with van der Waals surface area (Å²) in [6.45, 7) is -0.609. The fourth-order valence-corrected chi connectivity index (χ4v) is 3.81. The largest absolute Gasteiger partial charge is 0.496 e. The smallest absolute Gasteiger partial charge is 0.416 e. The fourth-order valence-electron chi connectivity index (χ4n) is 2.68. The van der Waals surface area contributed by atoms with E-state index in [1.807, 2.05) is 0 Å². The molecule has 0 saturated heterocycles. The molecule has 0 aliphatic carbocycles. The number of carbonyl (C=O) groups excluding carboxylic acids is 1. The minimum absolute atomic E-state index is 0.108. The Kier molecular flexibility index (Phi) is 7.25. The van der Waals surface area contributed by atoms with Gasteiger partial charge in [-0.25, -0.2) is 8.42 Å². The van der Waals surface area contributed by atoms with E-state index in [0.717, 1.165) is 18.4 Å². The van der Waals surface area contributed by atoms with Crippen LogP contribution in [0.1, 0.15) is 11.1 Å². The summed E-state index contributed by atoms with van der Waals surface area (Å²) in [5.74, 6) is -0.0992. The molecule has 11 heteroatoms. The zero-order chi connectivity index (χ0) is 22.7. The number of benzene rings is 2. The molecule has 0 unspecified atom stereocenters. The Balaban J connectivity index is 2.33. The molecule has 0 aromatic heterocycles. The van der Waals surface area contributed by atoms with E-state index in [1.165, 1.54) is 19.1 Å². The van der Waals surface area contributed by atoms with E-state index < -0.39 is 39.9 Å². The monoisotopic (exact) mass is 464 g/mol. The molecular formula is C19H20ClF3N2O4S. The van der Waals surface area contributed by atoms with Gasteiger partial charge in [0.15, 0.2) is 0 Å². The molecule has 30 heavy (non-hydrogen) atoms. The molecule has 0 bridgehead atoms. The summed E-state index contributed by atoms with van der Waals surface area (Å²) >= 11 is 5.96. The van der Waals surface area contributed by atoms with E-state index in [9.17, 15) is 26.4 Å². The van der Waals surface area contributed by atoms with Crippen molar-refractivity contribution in [1.29, 1.82) is 0 Å². The van der Waals surface area contributed by atoms with Crippen LogP contribution in [0, 0.1) is 0 Å². The van der Waals surface area contributed by atoms with Crippen LogP contribution in [0.15, 0.2) is 42.5 Å². The Labute approximate surface area is 177 Å². The third kappa shape index (κ3) is 5.79. The summed E-state index contributed by atoms with van der Waals surface area (Å²) in [4.78, 5) is 13.9. The predicted molar refractivity (Wildman–Crippen MR) is 108 cm³/mol. The quantitative estimate of drug-likeness (QED) is 0.625. The number of methoxy groups -OCH3 is 1. The molecule has 6 nitrogen and oxygen atoms in total. The van der Waals surface area contributed by atoms with Gasteiger partial charge in [0, 0.05) is 19.2 Å².